The van der Waals surface area contributed by atoms with Gasteiger partial charge < -0.3 is 15.8 Å². The van der Waals surface area contributed by atoms with Crippen molar-refractivity contribution in [2.75, 3.05) is 33.9 Å². The molecule has 0 radical (unpaired) electrons. The minimum absolute atomic E-state index is 0.0222. The minimum Gasteiger partial charge on any atom is -0.383 e. The molecule has 8 heteroatoms. The van der Waals surface area contributed by atoms with E-state index >= 15 is 0 Å². The number of halogens is 3. The first kappa shape index (κ1) is 21.5. The summed E-state index contributed by atoms with van der Waals surface area (Å²) < 4.78 is 43.5. The lowest BCUT2D eigenvalue weighted by molar-refractivity contribution is -0.137. The number of benzene rings is 1. The van der Waals surface area contributed by atoms with Crippen LogP contribution in [0, 0.1) is 5.92 Å². The van der Waals surface area contributed by atoms with E-state index in [0.717, 1.165) is 37.1 Å². The Balaban J connectivity index is 2.10. The summed E-state index contributed by atoms with van der Waals surface area (Å²) in [4.78, 5) is 6.64. The predicted octanol–water partition coefficient (Wildman–Crippen LogP) is 3.03. The fraction of sp³-hybridized carbons (Fsp3) is 0.632. The molecule has 1 aromatic carbocycles. The van der Waals surface area contributed by atoms with Crippen molar-refractivity contribution in [1.82, 2.24) is 10.2 Å². The standard InChI is InChI=1S/C19H29F3N4O/c1-13(12-27-3)25-18(23)24-11-15-5-4-10-26(2)17(15)14-6-8-16(9-7-14)19(20,21)22/h6-9,13,15,17H,4-5,10-12H2,1-3H3,(H3,23,24,25). The van der Waals surface area contributed by atoms with Crippen molar-refractivity contribution in [3.8, 4) is 0 Å². The largest absolute Gasteiger partial charge is 0.416 e. The van der Waals surface area contributed by atoms with Gasteiger partial charge in [0.1, 0.15) is 0 Å². The second kappa shape index (κ2) is 9.41. The molecule has 3 atom stereocenters. The topological polar surface area (TPSA) is 62.9 Å². The number of rotatable bonds is 6. The van der Waals surface area contributed by atoms with E-state index in [9.17, 15) is 13.2 Å². The van der Waals surface area contributed by atoms with Crippen molar-refractivity contribution in [2.24, 2.45) is 16.6 Å². The summed E-state index contributed by atoms with van der Waals surface area (Å²) in [5.41, 5.74) is 6.21. The third-order valence-corrected chi connectivity index (χ3v) is 4.89. The summed E-state index contributed by atoms with van der Waals surface area (Å²) in [7, 11) is 3.62. The van der Waals surface area contributed by atoms with Crippen LogP contribution in [0.3, 0.4) is 0 Å². The van der Waals surface area contributed by atoms with Crippen LogP contribution >= 0.6 is 0 Å². The van der Waals surface area contributed by atoms with Crippen molar-refractivity contribution in [2.45, 2.75) is 38.0 Å². The molecule has 0 amide bonds. The normalized spacial score (nSPS) is 23.3. The number of hydrogen-bond donors (Lipinski definition) is 2. The SMILES string of the molecule is COCC(C)NC(N)=NCC1CCCN(C)C1c1ccc(C(F)(F)F)cc1. The predicted molar refractivity (Wildman–Crippen MR) is 101 cm³/mol. The van der Waals surface area contributed by atoms with Crippen molar-refractivity contribution in [3.63, 3.8) is 0 Å². The number of ether oxygens (including phenoxy) is 1. The highest BCUT2D eigenvalue weighted by Crippen LogP contribution is 2.37. The molecule has 3 unspecified atom stereocenters. The number of guanidine groups is 1. The van der Waals surface area contributed by atoms with Crippen LogP contribution in [0.15, 0.2) is 29.3 Å². The molecular weight excluding hydrogens is 357 g/mol. The molecule has 3 N–H and O–H groups in total. The molecule has 0 aromatic heterocycles. The molecule has 0 spiro atoms. The van der Waals surface area contributed by atoms with Gasteiger partial charge in [-0.05, 0) is 57.0 Å². The van der Waals surface area contributed by atoms with Crippen LogP contribution in [0.2, 0.25) is 0 Å². The molecule has 0 saturated carbocycles. The third kappa shape index (κ3) is 6.10. The van der Waals surface area contributed by atoms with Gasteiger partial charge in [-0.2, -0.15) is 13.2 Å². The number of nitrogens with zero attached hydrogens (tertiary/aromatic N) is 2. The van der Waals surface area contributed by atoms with Gasteiger partial charge in [0, 0.05) is 25.7 Å². The van der Waals surface area contributed by atoms with E-state index in [4.69, 9.17) is 10.5 Å². The first-order valence-corrected chi connectivity index (χ1v) is 9.15. The van der Waals surface area contributed by atoms with Crippen molar-refractivity contribution in [3.05, 3.63) is 35.4 Å². The van der Waals surface area contributed by atoms with E-state index in [-0.39, 0.29) is 18.0 Å². The van der Waals surface area contributed by atoms with E-state index in [1.807, 2.05) is 14.0 Å². The van der Waals surface area contributed by atoms with E-state index in [1.54, 1.807) is 19.2 Å². The highest BCUT2D eigenvalue weighted by molar-refractivity contribution is 5.78. The number of piperidine rings is 1. The summed E-state index contributed by atoms with van der Waals surface area (Å²) in [5.74, 6) is 0.553. The molecule has 152 valence electrons. The lowest BCUT2D eigenvalue weighted by atomic mass is 9.84. The minimum atomic E-state index is -4.32. The van der Waals surface area contributed by atoms with E-state index in [2.05, 4.69) is 15.2 Å². The number of aliphatic imine (C=N–C) groups is 1. The maximum atomic E-state index is 12.8. The summed E-state index contributed by atoms with van der Waals surface area (Å²) in [6.45, 7) is 3.90. The Kier molecular flexibility index (Phi) is 7.49. The molecule has 0 aliphatic carbocycles. The molecule has 1 aromatic rings. The molecule has 0 bridgehead atoms. The van der Waals surface area contributed by atoms with Crippen LogP contribution in [-0.2, 0) is 10.9 Å². The number of nitrogens with one attached hydrogen (secondary N) is 1. The number of likely N-dealkylation sites (tertiary alicyclic amines) is 1. The Bertz CT molecular complexity index is 618. The van der Waals surface area contributed by atoms with Gasteiger partial charge in [-0.15, -0.1) is 0 Å². The maximum Gasteiger partial charge on any atom is 0.416 e. The van der Waals surface area contributed by atoms with Crippen LogP contribution in [0.25, 0.3) is 0 Å². The highest BCUT2D eigenvalue weighted by atomic mass is 19.4. The third-order valence-electron chi connectivity index (χ3n) is 4.89. The monoisotopic (exact) mass is 386 g/mol. The van der Waals surface area contributed by atoms with Crippen LogP contribution in [0.1, 0.15) is 36.9 Å². The van der Waals surface area contributed by atoms with Crippen LogP contribution in [-0.4, -0.2) is 50.8 Å². The molecule has 1 heterocycles. The van der Waals surface area contributed by atoms with E-state index in [1.165, 1.54) is 0 Å². The summed E-state index contributed by atoms with van der Waals surface area (Å²) >= 11 is 0. The van der Waals surface area contributed by atoms with Crippen molar-refractivity contribution >= 4 is 5.96 Å². The average molecular weight is 386 g/mol. The maximum absolute atomic E-state index is 12.8. The number of alkyl halides is 3. The zero-order chi connectivity index (χ0) is 20.0. The Morgan fingerprint density at radius 3 is 2.63 bits per heavy atom. The van der Waals surface area contributed by atoms with Crippen LogP contribution < -0.4 is 11.1 Å². The zero-order valence-electron chi connectivity index (χ0n) is 16.1. The molecule has 1 aliphatic heterocycles. The zero-order valence-corrected chi connectivity index (χ0v) is 16.1. The van der Waals surface area contributed by atoms with Gasteiger partial charge in [-0.25, -0.2) is 0 Å². The van der Waals surface area contributed by atoms with Gasteiger partial charge >= 0.3 is 6.18 Å². The lowest BCUT2D eigenvalue weighted by Crippen LogP contribution is -2.42. The Hall–Kier alpha value is -1.80. The molecule has 1 fully saturated rings. The van der Waals surface area contributed by atoms with Gasteiger partial charge in [0.15, 0.2) is 5.96 Å². The fourth-order valence-electron chi connectivity index (χ4n) is 3.65. The molecular formula is C19H29F3N4O. The Labute approximate surface area is 158 Å². The van der Waals surface area contributed by atoms with Crippen LogP contribution in [0.4, 0.5) is 13.2 Å². The second-order valence-corrected chi connectivity index (χ2v) is 7.17. The van der Waals surface area contributed by atoms with E-state index in [0.29, 0.717) is 19.1 Å². The summed E-state index contributed by atoms with van der Waals surface area (Å²) in [6.07, 6.45) is -2.33. The number of nitrogens with two attached hydrogens (primary N) is 1. The second-order valence-electron chi connectivity index (χ2n) is 7.17. The summed E-state index contributed by atoms with van der Waals surface area (Å²) in [5, 5.41) is 3.07. The molecule has 1 aliphatic rings. The number of methoxy groups -OCH3 is 1. The van der Waals surface area contributed by atoms with E-state index < -0.39 is 11.7 Å². The summed E-state index contributed by atoms with van der Waals surface area (Å²) in [6, 6.07) is 5.54. The first-order chi connectivity index (χ1) is 12.7. The molecule has 5 nitrogen and oxygen atoms in total. The van der Waals surface area contributed by atoms with Gasteiger partial charge in [0.2, 0.25) is 0 Å². The van der Waals surface area contributed by atoms with Crippen molar-refractivity contribution < 1.29 is 17.9 Å². The fourth-order valence-corrected chi connectivity index (χ4v) is 3.65. The van der Waals surface area contributed by atoms with Gasteiger partial charge in [0.25, 0.3) is 0 Å². The molecule has 27 heavy (non-hydrogen) atoms. The highest BCUT2D eigenvalue weighted by Gasteiger charge is 2.33. The quantitative estimate of drug-likeness (QED) is 0.583. The van der Waals surface area contributed by atoms with Crippen LogP contribution in [0.5, 0.6) is 0 Å². The molecule has 1 saturated heterocycles. The first-order valence-electron chi connectivity index (χ1n) is 9.15. The van der Waals surface area contributed by atoms with Gasteiger partial charge in [0.05, 0.1) is 12.2 Å². The van der Waals surface area contributed by atoms with Gasteiger partial charge in [-0.3, -0.25) is 9.89 Å². The lowest BCUT2D eigenvalue weighted by Gasteiger charge is -2.39. The smallest absolute Gasteiger partial charge is 0.383 e. The number of hydrogen-bond acceptors (Lipinski definition) is 3. The van der Waals surface area contributed by atoms with Gasteiger partial charge in [-0.1, -0.05) is 12.1 Å². The van der Waals surface area contributed by atoms with Crippen molar-refractivity contribution in [1.29, 1.82) is 0 Å². The Morgan fingerprint density at radius 2 is 2.04 bits per heavy atom. The Morgan fingerprint density at radius 1 is 1.37 bits per heavy atom. The average Bonchev–Trinajstić information content (AvgIpc) is 2.59. The molecule has 2 rings (SSSR count).